The van der Waals surface area contributed by atoms with Crippen molar-refractivity contribution in [3.63, 3.8) is 0 Å². The van der Waals surface area contributed by atoms with Crippen molar-refractivity contribution < 1.29 is 9.21 Å². The molecule has 2 aliphatic rings. The molecule has 0 radical (unpaired) electrons. The molecule has 3 heterocycles. The summed E-state index contributed by atoms with van der Waals surface area (Å²) in [5, 5.41) is 7.25. The average Bonchev–Trinajstić information content (AvgIpc) is 3.36. The summed E-state index contributed by atoms with van der Waals surface area (Å²) >= 11 is 12.4. The number of amides is 1. The summed E-state index contributed by atoms with van der Waals surface area (Å²) in [6.07, 6.45) is 4.44. The van der Waals surface area contributed by atoms with Crippen molar-refractivity contribution in [2.24, 2.45) is 5.10 Å². The van der Waals surface area contributed by atoms with Gasteiger partial charge < -0.3 is 4.42 Å². The lowest BCUT2D eigenvalue weighted by atomic mass is 10.0. The van der Waals surface area contributed by atoms with Crippen LogP contribution in [0.15, 0.2) is 46.1 Å². The van der Waals surface area contributed by atoms with E-state index in [9.17, 15) is 4.79 Å². The first kappa shape index (κ1) is 17.6. The minimum atomic E-state index is -0.255. The molecule has 26 heavy (non-hydrogen) atoms. The van der Waals surface area contributed by atoms with Crippen LogP contribution in [0.1, 0.15) is 36.6 Å². The zero-order valence-electron chi connectivity index (χ0n) is 14.2. The molecule has 4 rings (SSSR count). The highest BCUT2D eigenvalue weighted by Crippen LogP contribution is 2.37. The first-order chi connectivity index (χ1) is 12.6. The highest BCUT2D eigenvalue weighted by atomic mass is 35.5. The van der Waals surface area contributed by atoms with Gasteiger partial charge in [-0.25, -0.2) is 5.01 Å². The Balaban J connectivity index is 1.63. The quantitative estimate of drug-likeness (QED) is 0.777. The van der Waals surface area contributed by atoms with Crippen LogP contribution < -0.4 is 0 Å². The summed E-state index contributed by atoms with van der Waals surface area (Å²) < 4.78 is 5.48. The Kier molecular flexibility index (Phi) is 5.02. The van der Waals surface area contributed by atoms with Gasteiger partial charge >= 0.3 is 0 Å². The van der Waals surface area contributed by atoms with E-state index >= 15 is 0 Å². The molecule has 7 heteroatoms. The fraction of sp³-hybridized carbons (Fsp3) is 0.368. The molecule has 0 N–H and O–H groups in total. The molecule has 2 aromatic rings. The number of carbonyl (C=O) groups is 1. The van der Waals surface area contributed by atoms with Crippen molar-refractivity contribution in [3.05, 3.63) is 58.0 Å². The summed E-state index contributed by atoms with van der Waals surface area (Å²) in [4.78, 5) is 15.1. The van der Waals surface area contributed by atoms with E-state index in [2.05, 4.69) is 10.0 Å². The Morgan fingerprint density at radius 2 is 2.04 bits per heavy atom. The molecule has 1 amide bonds. The predicted molar refractivity (Wildman–Crippen MR) is 102 cm³/mol. The first-order valence-corrected chi connectivity index (χ1v) is 9.48. The molecule has 0 spiro atoms. The Morgan fingerprint density at radius 1 is 1.23 bits per heavy atom. The fourth-order valence-corrected chi connectivity index (χ4v) is 4.08. The van der Waals surface area contributed by atoms with Crippen LogP contribution >= 0.6 is 23.2 Å². The van der Waals surface area contributed by atoms with Gasteiger partial charge in [0.05, 0.1) is 18.8 Å². The number of halogens is 2. The van der Waals surface area contributed by atoms with Crippen LogP contribution in [0.4, 0.5) is 0 Å². The van der Waals surface area contributed by atoms with Crippen molar-refractivity contribution in [1.82, 2.24) is 9.91 Å². The summed E-state index contributed by atoms with van der Waals surface area (Å²) in [7, 11) is 0. The molecule has 1 atom stereocenters. The number of likely N-dealkylation sites (tertiary alicyclic amines) is 1. The van der Waals surface area contributed by atoms with Crippen LogP contribution in [-0.4, -0.2) is 41.2 Å². The lowest BCUT2D eigenvalue weighted by Gasteiger charge is -2.25. The highest BCUT2D eigenvalue weighted by molar-refractivity contribution is 6.35. The molecule has 0 aliphatic carbocycles. The second-order valence-corrected chi connectivity index (χ2v) is 7.47. The van der Waals surface area contributed by atoms with Crippen LogP contribution in [0.3, 0.4) is 0 Å². The van der Waals surface area contributed by atoms with Crippen LogP contribution in [0, 0.1) is 0 Å². The maximum Gasteiger partial charge on any atom is 0.257 e. The summed E-state index contributed by atoms with van der Waals surface area (Å²) in [5.41, 5.74) is 1.59. The molecule has 136 valence electrons. The number of rotatable bonds is 4. The van der Waals surface area contributed by atoms with Gasteiger partial charge in [-0.15, -0.1) is 0 Å². The average molecular weight is 392 g/mol. The Morgan fingerprint density at radius 3 is 2.73 bits per heavy atom. The van der Waals surface area contributed by atoms with Gasteiger partial charge in [0.15, 0.2) is 0 Å². The maximum atomic E-state index is 13.0. The first-order valence-electron chi connectivity index (χ1n) is 8.72. The number of hydrazone groups is 1. The van der Waals surface area contributed by atoms with Crippen molar-refractivity contribution >= 4 is 34.8 Å². The largest absolute Gasteiger partial charge is 0.463 e. The van der Waals surface area contributed by atoms with E-state index in [1.54, 1.807) is 23.4 Å². The molecule has 1 aromatic carbocycles. The highest BCUT2D eigenvalue weighted by Gasteiger charge is 2.35. The third-order valence-electron chi connectivity index (χ3n) is 4.85. The van der Waals surface area contributed by atoms with E-state index in [-0.39, 0.29) is 11.9 Å². The molecule has 0 saturated carbocycles. The van der Waals surface area contributed by atoms with Gasteiger partial charge in [-0.05, 0) is 55.8 Å². The normalized spacial score (nSPS) is 20.6. The molecular weight excluding hydrogens is 373 g/mol. The van der Waals surface area contributed by atoms with E-state index in [1.165, 1.54) is 0 Å². The Labute approximate surface area is 162 Å². The molecule has 1 aromatic heterocycles. The second-order valence-electron chi connectivity index (χ2n) is 6.63. The smallest absolute Gasteiger partial charge is 0.257 e. The van der Waals surface area contributed by atoms with Crippen molar-refractivity contribution in [2.45, 2.75) is 25.3 Å². The Hall–Kier alpha value is -1.82. The minimum absolute atomic E-state index is 0.0236. The van der Waals surface area contributed by atoms with Crippen LogP contribution in [0.5, 0.6) is 0 Å². The van der Waals surface area contributed by atoms with E-state index in [1.807, 2.05) is 18.2 Å². The minimum Gasteiger partial charge on any atom is -0.463 e. The number of carbonyl (C=O) groups excluding carboxylic acids is 1. The zero-order chi connectivity index (χ0) is 18.1. The second kappa shape index (κ2) is 7.43. The molecule has 5 nitrogen and oxygen atoms in total. The van der Waals surface area contributed by atoms with Crippen molar-refractivity contribution in [2.75, 3.05) is 19.6 Å². The number of hydrogen-bond acceptors (Lipinski definition) is 4. The van der Waals surface area contributed by atoms with Crippen molar-refractivity contribution in [1.29, 1.82) is 0 Å². The van der Waals surface area contributed by atoms with Gasteiger partial charge in [0.1, 0.15) is 11.5 Å². The lowest BCUT2D eigenvalue weighted by molar-refractivity contribution is -0.134. The predicted octanol–water partition coefficient (Wildman–Crippen LogP) is 4.36. The van der Waals surface area contributed by atoms with Gasteiger partial charge in [0.25, 0.3) is 5.91 Å². The number of nitrogens with zero attached hydrogens (tertiary/aromatic N) is 3. The molecule has 0 unspecified atom stereocenters. The van der Waals surface area contributed by atoms with Crippen LogP contribution in [-0.2, 0) is 4.79 Å². The number of benzene rings is 1. The third kappa shape index (κ3) is 3.52. The molecule has 2 aliphatic heterocycles. The SMILES string of the molecule is O=C(CN1CCCC1)N1N=C(c2ccco2)C[C@@H]1c1ccc(Cl)cc1Cl. The standard InChI is InChI=1S/C19H19Cl2N3O2/c20-13-5-6-14(15(21)10-13)17-11-16(18-4-3-9-26-18)22-24(17)19(25)12-23-7-1-2-8-23/h3-6,9-10,17H,1-2,7-8,11-12H2/t17-/m1/s1. The topological polar surface area (TPSA) is 49.1 Å². The zero-order valence-corrected chi connectivity index (χ0v) is 15.7. The number of hydrogen-bond donors (Lipinski definition) is 0. The van der Waals surface area contributed by atoms with Gasteiger partial charge in [-0.2, -0.15) is 5.10 Å². The van der Waals surface area contributed by atoms with Gasteiger partial charge in [0, 0.05) is 16.5 Å². The van der Waals surface area contributed by atoms with E-state index in [0.29, 0.717) is 28.8 Å². The van der Waals surface area contributed by atoms with Gasteiger partial charge in [-0.3, -0.25) is 9.69 Å². The fourth-order valence-electron chi connectivity index (χ4n) is 3.55. The maximum absolute atomic E-state index is 13.0. The lowest BCUT2D eigenvalue weighted by Crippen LogP contribution is -2.37. The molecule has 0 bridgehead atoms. The van der Waals surface area contributed by atoms with E-state index in [4.69, 9.17) is 27.6 Å². The summed E-state index contributed by atoms with van der Waals surface area (Å²) in [5.74, 6) is 0.654. The van der Waals surface area contributed by atoms with E-state index < -0.39 is 0 Å². The van der Waals surface area contributed by atoms with Gasteiger partial charge in [0.2, 0.25) is 0 Å². The van der Waals surface area contributed by atoms with Crippen molar-refractivity contribution in [3.8, 4) is 0 Å². The van der Waals surface area contributed by atoms with Crippen LogP contribution in [0.25, 0.3) is 0 Å². The summed E-state index contributed by atoms with van der Waals surface area (Å²) in [6, 6.07) is 8.77. The Bertz CT molecular complexity index is 829. The van der Waals surface area contributed by atoms with E-state index in [0.717, 1.165) is 37.2 Å². The molecular formula is C19H19Cl2N3O2. The molecule has 1 saturated heterocycles. The monoisotopic (exact) mass is 391 g/mol. The van der Waals surface area contributed by atoms with Crippen LogP contribution in [0.2, 0.25) is 10.0 Å². The molecule has 1 fully saturated rings. The third-order valence-corrected chi connectivity index (χ3v) is 5.41. The number of furan rings is 1. The van der Waals surface area contributed by atoms with Gasteiger partial charge in [-0.1, -0.05) is 29.3 Å². The summed E-state index contributed by atoms with van der Waals surface area (Å²) in [6.45, 7) is 2.29.